The molecule has 0 N–H and O–H groups in total. The number of hydrogen-bond donors (Lipinski definition) is 0. The minimum Gasteiger partial charge on any atom is -0.489 e. The van der Waals surface area contributed by atoms with Gasteiger partial charge >= 0.3 is 0 Å². The smallest absolute Gasteiger partial charge is 0.256 e. The van der Waals surface area contributed by atoms with Crippen LogP contribution < -0.4 is 4.74 Å². The third kappa shape index (κ3) is 3.36. The van der Waals surface area contributed by atoms with Crippen LogP contribution in [-0.4, -0.2) is 40.0 Å². The minimum atomic E-state index is -0.0714. The van der Waals surface area contributed by atoms with Gasteiger partial charge in [-0.25, -0.2) is 4.98 Å². The van der Waals surface area contributed by atoms with E-state index in [9.17, 15) is 4.79 Å². The van der Waals surface area contributed by atoms with Crippen molar-refractivity contribution in [2.45, 2.75) is 18.9 Å². The SMILES string of the molecule is O=C(c1cccnc1Cl)N1CCC(Oc2cccnc2)CC1. The van der Waals surface area contributed by atoms with Crippen LogP contribution in [-0.2, 0) is 0 Å². The van der Waals surface area contributed by atoms with Crippen molar-refractivity contribution in [2.75, 3.05) is 13.1 Å². The van der Waals surface area contributed by atoms with E-state index >= 15 is 0 Å². The Morgan fingerprint density at radius 1 is 1.23 bits per heavy atom. The van der Waals surface area contributed by atoms with Crippen LogP contribution in [0.1, 0.15) is 23.2 Å². The highest BCUT2D eigenvalue weighted by Gasteiger charge is 2.26. The molecule has 1 saturated heterocycles. The number of hydrogen-bond acceptors (Lipinski definition) is 4. The molecule has 6 heteroatoms. The van der Waals surface area contributed by atoms with Gasteiger partial charge in [0.2, 0.25) is 0 Å². The van der Waals surface area contributed by atoms with Crippen LogP contribution in [0.15, 0.2) is 42.9 Å². The van der Waals surface area contributed by atoms with E-state index in [1.165, 1.54) is 0 Å². The zero-order valence-corrected chi connectivity index (χ0v) is 12.7. The summed E-state index contributed by atoms with van der Waals surface area (Å²) in [6.45, 7) is 1.30. The van der Waals surface area contributed by atoms with E-state index in [2.05, 4.69) is 9.97 Å². The van der Waals surface area contributed by atoms with Gasteiger partial charge in [0.1, 0.15) is 17.0 Å². The average Bonchev–Trinajstić information content (AvgIpc) is 2.56. The molecule has 5 nitrogen and oxygen atoms in total. The van der Waals surface area contributed by atoms with Crippen LogP contribution in [0, 0.1) is 0 Å². The summed E-state index contributed by atoms with van der Waals surface area (Å²) in [6, 6.07) is 7.16. The second kappa shape index (κ2) is 6.75. The van der Waals surface area contributed by atoms with E-state index < -0.39 is 0 Å². The lowest BCUT2D eigenvalue weighted by Gasteiger charge is -2.32. The van der Waals surface area contributed by atoms with Crippen molar-refractivity contribution in [3.8, 4) is 5.75 Å². The van der Waals surface area contributed by atoms with E-state index in [1.54, 1.807) is 35.6 Å². The lowest BCUT2D eigenvalue weighted by molar-refractivity contribution is 0.0595. The minimum absolute atomic E-state index is 0.0714. The molecule has 0 unspecified atom stereocenters. The highest BCUT2D eigenvalue weighted by molar-refractivity contribution is 6.32. The number of carbonyl (C=O) groups is 1. The number of nitrogens with zero attached hydrogens (tertiary/aromatic N) is 3. The van der Waals surface area contributed by atoms with Gasteiger partial charge in [-0.1, -0.05) is 11.6 Å². The molecule has 0 aromatic carbocycles. The normalized spacial score (nSPS) is 15.6. The average molecular weight is 318 g/mol. The second-order valence-corrected chi connectivity index (χ2v) is 5.50. The number of ether oxygens (including phenoxy) is 1. The van der Waals surface area contributed by atoms with Crippen molar-refractivity contribution in [3.05, 3.63) is 53.6 Å². The van der Waals surface area contributed by atoms with Crippen molar-refractivity contribution in [1.82, 2.24) is 14.9 Å². The van der Waals surface area contributed by atoms with Crippen molar-refractivity contribution in [2.24, 2.45) is 0 Å². The topological polar surface area (TPSA) is 55.3 Å². The summed E-state index contributed by atoms with van der Waals surface area (Å²) in [6.07, 6.45) is 6.68. The molecular formula is C16H16ClN3O2. The maximum Gasteiger partial charge on any atom is 0.256 e. The number of halogens is 1. The molecular weight excluding hydrogens is 302 g/mol. The molecule has 3 heterocycles. The molecule has 0 atom stereocenters. The van der Waals surface area contributed by atoms with Crippen molar-refractivity contribution < 1.29 is 9.53 Å². The number of amides is 1. The molecule has 1 aliphatic rings. The van der Waals surface area contributed by atoms with Crippen LogP contribution in [0.2, 0.25) is 5.15 Å². The van der Waals surface area contributed by atoms with Crippen LogP contribution in [0.25, 0.3) is 0 Å². The lowest BCUT2D eigenvalue weighted by Crippen LogP contribution is -2.41. The number of pyridine rings is 2. The molecule has 114 valence electrons. The summed E-state index contributed by atoms with van der Waals surface area (Å²) in [5.74, 6) is 0.695. The fourth-order valence-corrected chi connectivity index (χ4v) is 2.70. The van der Waals surface area contributed by atoms with Gasteiger partial charge in [0.05, 0.1) is 11.8 Å². The molecule has 1 aliphatic heterocycles. The highest BCUT2D eigenvalue weighted by Crippen LogP contribution is 2.21. The van der Waals surface area contributed by atoms with Gasteiger partial charge < -0.3 is 9.64 Å². The summed E-state index contributed by atoms with van der Waals surface area (Å²) in [5.41, 5.74) is 0.454. The van der Waals surface area contributed by atoms with Gasteiger partial charge in [0, 0.05) is 38.3 Å². The van der Waals surface area contributed by atoms with E-state index in [1.807, 2.05) is 12.1 Å². The second-order valence-electron chi connectivity index (χ2n) is 5.14. The van der Waals surface area contributed by atoms with Crippen molar-refractivity contribution >= 4 is 17.5 Å². The van der Waals surface area contributed by atoms with Gasteiger partial charge in [-0.15, -0.1) is 0 Å². The Morgan fingerprint density at radius 3 is 2.68 bits per heavy atom. The molecule has 0 radical (unpaired) electrons. The maximum atomic E-state index is 12.4. The summed E-state index contributed by atoms with van der Waals surface area (Å²) >= 11 is 5.98. The maximum absolute atomic E-state index is 12.4. The molecule has 2 aromatic heterocycles. The molecule has 0 saturated carbocycles. The number of aromatic nitrogens is 2. The Morgan fingerprint density at radius 2 is 2.00 bits per heavy atom. The standard InChI is InChI=1S/C16H16ClN3O2/c17-15-14(4-2-8-19-15)16(21)20-9-5-12(6-10-20)22-13-3-1-7-18-11-13/h1-4,7-8,11-12H,5-6,9-10H2. The number of likely N-dealkylation sites (tertiary alicyclic amines) is 1. The van der Waals surface area contributed by atoms with E-state index in [0.29, 0.717) is 18.7 Å². The number of carbonyl (C=O) groups excluding carboxylic acids is 1. The largest absolute Gasteiger partial charge is 0.489 e. The summed E-state index contributed by atoms with van der Waals surface area (Å²) in [4.78, 5) is 22.2. The van der Waals surface area contributed by atoms with E-state index in [0.717, 1.165) is 18.6 Å². The van der Waals surface area contributed by atoms with Crippen LogP contribution in [0.4, 0.5) is 0 Å². The first-order valence-electron chi connectivity index (χ1n) is 7.20. The molecule has 3 rings (SSSR count). The fraction of sp³-hybridized carbons (Fsp3) is 0.312. The first-order valence-corrected chi connectivity index (χ1v) is 7.58. The van der Waals surface area contributed by atoms with E-state index in [-0.39, 0.29) is 17.2 Å². The molecule has 0 spiro atoms. The Kier molecular flexibility index (Phi) is 4.53. The summed E-state index contributed by atoms with van der Waals surface area (Å²) in [5, 5.41) is 0.251. The third-order valence-corrected chi connectivity index (χ3v) is 3.96. The Balaban J connectivity index is 1.58. The third-order valence-electron chi connectivity index (χ3n) is 3.66. The van der Waals surface area contributed by atoms with Crippen LogP contribution in [0.5, 0.6) is 5.75 Å². The fourth-order valence-electron chi connectivity index (χ4n) is 2.50. The van der Waals surface area contributed by atoms with Crippen LogP contribution >= 0.6 is 11.6 Å². The Bertz CT molecular complexity index is 643. The molecule has 1 amide bonds. The van der Waals surface area contributed by atoms with Gasteiger partial charge in [0.25, 0.3) is 5.91 Å². The lowest BCUT2D eigenvalue weighted by atomic mass is 10.1. The first-order chi connectivity index (χ1) is 10.7. The zero-order valence-electron chi connectivity index (χ0n) is 12.0. The van der Waals surface area contributed by atoms with Crippen LogP contribution in [0.3, 0.4) is 0 Å². The van der Waals surface area contributed by atoms with E-state index in [4.69, 9.17) is 16.3 Å². The zero-order chi connectivity index (χ0) is 15.4. The number of rotatable bonds is 3. The Labute approximate surface area is 133 Å². The van der Waals surface area contributed by atoms with Crippen molar-refractivity contribution in [3.63, 3.8) is 0 Å². The molecule has 0 aliphatic carbocycles. The predicted molar refractivity (Wildman–Crippen MR) is 83.0 cm³/mol. The quantitative estimate of drug-likeness (QED) is 0.817. The Hall–Kier alpha value is -2.14. The van der Waals surface area contributed by atoms with Gasteiger partial charge in [-0.3, -0.25) is 9.78 Å². The highest BCUT2D eigenvalue weighted by atomic mass is 35.5. The predicted octanol–water partition coefficient (Wildman–Crippen LogP) is 2.81. The van der Waals surface area contributed by atoms with Crippen molar-refractivity contribution in [1.29, 1.82) is 0 Å². The molecule has 0 bridgehead atoms. The molecule has 2 aromatic rings. The molecule has 1 fully saturated rings. The van der Waals surface area contributed by atoms with Gasteiger partial charge in [0.15, 0.2) is 0 Å². The number of piperidine rings is 1. The first kappa shape index (κ1) is 14.8. The summed E-state index contributed by atoms with van der Waals surface area (Å²) < 4.78 is 5.87. The monoisotopic (exact) mass is 317 g/mol. The summed E-state index contributed by atoms with van der Waals surface area (Å²) in [7, 11) is 0. The van der Waals surface area contributed by atoms with Gasteiger partial charge in [-0.2, -0.15) is 0 Å². The molecule has 22 heavy (non-hydrogen) atoms. The van der Waals surface area contributed by atoms with Gasteiger partial charge in [-0.05, 0) is 24.3 Å².